The van der Waals surface area contributed by atoms with Crippen LogP contribution in [0.3, 0.4) is 0 Å². The molecule has 1 atom stereocenters. The van der Waals surface area contributed by atoms with Crippen molar-refractivity contribution in [2.24, 2.45) is 5.16 Å². The number of carbonyl (C=O) groups excluding carboxylic acids is 1. The number of hydrogen-bond acceptors (Lipinski definition) is 8. The highest BCUT2D eigenvalue weighted by atomic mass is 19.4. The van der Waals surface area contributed by atoms with E-state index in [-0.39, 0.29) is 35.8 Å². The number of aromatic nitrogens is 4. The zero-order valence-electron chi connectivity index (χ0n) is 21.2. The van der Waals surface area contributed by atoms with Gasteiger partial charge in [-0.2, -0.15) is 18.2 Å². The number of alkyl halides is 5. The molecule has 1 saturated heterocycles. The summed E-state index contributed by atoms with van der Waals surface area (Å²) in [6, 6.07) is 3.99. The first-order valence-corrected chi connectivity index (χ1v) is 12.0. The van der Waals surface area contributed by atoms with Crippen LogP contribution < -0.4 is 4.84 Å². The number of hydrogen-bond donors (Lipinski definition) is 1. The van der Waals surface area contributed by atoms with Crippen molar-refractivity contribution < 1.29 is 45.5 Å². The number of aliphatic hydroxyl groups is 1. The van der Waals surface area contributed by atoms with Crippen molar-refractivity contribution in [1.82, 2.24) is 24.8 Å². The van der Waals surface area contributed by atoms with Gasteiger partial charge >= 0.3 is 6.18 Å². The van der Waals surface area contributed by atoms with Crippen LogP contribution in [0.15, 0.2) is 41.8 Å². The molecule has 1 N–H and O–H groups in total. The number of carbonyl (C=O) groups is 1. The summed E-state index contributed by atoms with van der Waals surface area (Å²) in [7, 11) is 0. The van der Waals surface area contributed by atoms with Crippen LogP contribution in [-0.4, -0.2) is 67.2 Å². The zero-order valence-corrected chi connectivity index (χ0v) is 21.2. The minimum absolute atomic E-state index is 0.0944. The Morgan fingerprint density at radius 3 is 2.51 bits per heavy atom. The van der Waals surface area contributed by atoms with E-state index >= 15 is 8.78 Å². The third kappa shape index (κ3) is 6.75. The molecule has 4 rings (SSSR count). The summed E-state index contributed by atoms with van der Waals surface area (Å²) >= 11 is 0. The molecule has 1 aliphatic heterocycles. The van der Waals surface area contributed by atoms with E-state index in [2.05, 4.69) is 25.1 Å². The molecule has 3 heterocycles. The number of likely N-dealkylation sites (tertiary alicyclic amines) is 1. The highest BCUT2D eigenvalue weighted by Crippen LogP contribution is 2.41. The van der Waals surface area contributed by atoms with Crippen LogP contribution in [0.25, 0.3) is 0 Å². The second-order valence-corrected chi connectivity index (χ2v) is 9.01. The molecular formula is C25H21F7N6O3. The smallest absolute Gasteiger partial charge is 0.390 e. The first-order valence-electron chi connectivity index (χ1n) is 12.0. The normalized spacial score (nSPS) is 17.4. The van der Waals surface area contributed by atoms with Gasteiger partial charge in [-0.1, -0.05) is 11.2 Å². The summed E-state index contributed by atoms with van der Waals surface area (Å²) in [5, 5.41) is 13.5. The number of piperidine rings is 1. The Labute approximate surface area is 227 Å². The number of nitrogens with zero attached hydrogens (tertiary/aromatic N) is 6. The van der Waals surface area contributed by atoms with Gasteiger partial charge in [0.05, 0.1) is 31.2 Å². The lowest BCUT2D eigenvalue weighted by Crippen LogP contribution is -2.50. The maximum absolute atomic E-state index is 15.5. The number of aliphatic hydroxyl groups excluding tert-OH is 1. The SMILES string of the molecule is Cc1ncc(C(CO)=NOc2ccnc(C(F)(F)F)n2)c(C2CCN(C(=O)Cc3c(F)cccc3F)CC2(F)F)n1. The number of amides is 1. The molecular weight excluding hydrogens is 565 g/mol. The van der Waals surface area contributed by atoms with Crippen LogP contribution in [0, 0.1) is 18.6 Å². The highest BCUT2D eigenvalue weighted by molar-refractivity contribution is 6.02. The molecule has 16 heteroatoms. The lowest BCUT2D eigenvalue weighted by atomic mass is 9.86. The number of aryl methyl sites for hydroxylation is 1. The molecule has 0 spiro atoms. The molecule has 1 unspecified atom stereocenters. The Hall–Kier alpha value is -4.21. The van der Waals surface area contributed by atoms with E-state index in [1.165, 1.54) is 6.92 Å². The molecule has 0 radical (unpaired) electrons. The second kappa shape index (κ2) is 11.7. The van der Waals surface area contributed by atoms with Gasteiger partial charge in [0.15, 0.2) is 0 Å². The molecule has 0 aliphatic carbocycles. The van der Waals surface area contributed by atoms with Gasteiger partial charge in [-0.05, 0) is 25.5 Å². The van der Waals surface area contributed by atoms with Gasteiger partial charge in [-0.3, -0.25) is 4.79 Å². The number of benzene rings is 1. The molecule has 41 heavy (non-hydrogen) atoms. The van der Waals surface area contributed by atoms with Gasteiger partial charge < -0.3 is 14.8 Å². The van der Waals surface area contributed by atoms with Gasteiger partial charge in [0.25, 0.3) is 11.8 Å². The monoisotopic (exact) mass is 586 g/mol. The van der Waals surface area contributed by atoms with E-state index in [1.54, 1.807) is 0 Å². The minimum atomic E-state index is -4.87. The quantitative estimate of drug-likeness (QED) is 0.254. The minimum Gasteiger partial charge on any atom is -0.390 e. The Morgan fingerprint density at radius 2 is 1.88 bits per heavy atom. The Bertz CT molecular complexity index is 1450. The number of rotatable bonds is 7. The van der Waals surface area contributed by atoms with Crippen LogP contribution in [-0.2, 0) is 17.4 Å². The number of oxime groups is 1. The molecule has 218 valence electrons. The summed E-state index contributed by atoms with van der Waals surface area (Å²) in [6.07, 6.45) is -4.08. The summed E-state index contributed by atoms with van der Waals surface area (Å²) < 4.78 is 97.6. The van der Waals surface area contributed by atoms with Crippen LogP contribution in [0.5, 0.6) is 5.88 Å². The van der Waals surface area contributed by atoms with Crippen molar-refractivity contribution in [1.29, 1.82) is 0 Å². The fraction of sp³-hybridized carbons (Fsp3) is 0.360. The van der Waals surface area contributed by atoms with E-state index < -0.39 is 72.4 Å². The predicted molar refractivity (Wildman–Crippen MR) is 127 cm³/mol. The average molecular weight is 586 g/mol. The summed E-state index contributed by atoms with van der Waals surface area (Å²) in [5.74, 6) is -10.1. The molecule has 2 aromatic heterocycles. The van der Waals surface area contributed by atoms with E-state index in [0.717, 1.165) is 41.6 Å². The third-order valence-electron chi connectivity index (χ3n) is 6.20. The van der Waals surface area contributed by atoms with Crippen molar-refractivity contribution in [3.63, 3.8) is 0 Å². The molecule has 9 nitrogen and oxygen atoms in total. The standard InChI is InChI=1S/C25H21F7N6O3/c1-13-34-10-15(19(11-39)37-41-20-5-7-33-23(36-20)25(30,31)32)22(35-13)16-6-8-38(12-24(16,28)29)21(40)9-14-17(26)3-2-4-18(14)27/h2-5,7,10,16,39H,6,8-9,11-12H2,1H3. The maximum atomic E-state index is 15.5. The molecule has 1 aliphatic rings. The zero-order chi connectivity index (χ0) is 29.9. The third-order valence-corrected chi connectivity index (χ3v) is 6.20. The number of halogens is 7. The molecule has 1 fully saturated rings. The van der Waals surface area contributed by atoms with Gasteiger partial charge in [0.2, 0.25) is 11.7 Å². The first-order chi connectivity index (χ1) is 19.3. The van der Waals surface area contributed by atoms with Gasteiger partial charge in [0.1, 0.15) is 23.2 Å². The molecule has 1 aromatic carbocycles. The lowest BCUT2D eigenvalue weighted by molar-refractivity contribution is -0.145. The van der Waals surface area contributed by atoms with Crippen molar-refractivity contribution in [2.75, 3.05) is 19.7 Å². The van der Waals surface area contributed by atoms with E-state index in [1.807, 2.05) is 0 Å². The predicted octanol–water partition coefficient (Wildman–Crippen LogP) is 3.84. The molecule has 1 amide bonds. The fourth-order valence-corrected chi connectivity index (χ4v) is 4.22. The first kappa shape index (κ1) is 29.8. The van der Waals surface area contributed by atoms with Crippen molar-refractivity contribution in [3.05, 3.63) is 76.8 Å². The summed E-state index contributed by atoms with van der Waals surface area (Å²) in [4.78, 5) is 32.7. The lowest BCUT2D eigenvalue weighted by Gasteiger charge is -2.38. The van der Waals surface area contributed by atoms with E-state index in [4.69, 9.17) is 4.84 Å². The van der Waals surface area contributed by atoms with Crippen LogP contribution in [0.1, 0.15) is 40.8 Å². The van der Waals surface area contributed by atoms with Crippen molar-refractivity contribution >= 4 is 11.6 Å². The maximum Gasteiger partial charge on any atom is 0.451 e. The Kier molecular flexibility index (Phi) is 8.51. The van der Waals surface area contributed by atoms with Crippen LogP contribution >= 0.6 is 0 Å². The molecule has 0 bridgehead atoms. The van der Waals surface area contributed by atoms with E-state index in [9.17, 15) is 31.9 Å². The van der Waals surface area contributed by atoms with Gasteiger partial charge in [0, 0.05) is 36.1 Å². The Balaban J connectivity index is 1.58. The van der Waals surface area contributed by atoms with Crippen LogP contribution in [0.2, 0.25) is 0 Å². The summed E-state index contributed by atoms with van der Waals surface area (Å²) in [5.41, 5.74) is -1.33. The molecule has 0 saturated carbocycles. The Morgan fingerprint density at radius 1 is 1.17 bits per heavy atom. The van der Waals surface area contributed by atoms with Gasteiger partial charge in [-0.15, -0.1) is 0 Å². The van der Waals surface area contributed by atoms with Crippen LogP contribution in [0.4, 0.5) is 30.7 Å². The average Bonchev–Trinajstić information content (AvgIpc) is 2.91. The topological polar surface area (TPSA) is 114 Å². The van der Waals surface area contributed by atoms with Gasteiger partial charge in [-0.25, -0.2) is 32.5 Å². The highest BCUT2D eigenvalue weighted by Gasteiger charge is 2.48. The largest absolute Gasteiger partial charge is 0.451 e. The van der Waals surface area contributed by atoms with Crippen molar-refractivity contribution in [2.45, 2.75) is 37.8 Å². The second-order valence-electron chi connectivity index (χ2n) is 9.01. The molecule has 3 aromatic rings. The summed E-state index contributed by atoms with van der Waals surface area (Å²) in [6.45, 7) is -0.758. The fourth-order valence-electron chi connectivity index (χ4n) is 4.22. The van der Waals surface area contributed by atoms with E-state index in [0.29, 0.717) is 0 Å². The van der Waals surface area contributed by atoms with Crippen molar-refractivity contribution in [3.8, 4) is 5.88 Å².